The van der Waals surface area contributed by atoms with E-state index in [1.165, 1.54) is 29.3 Å². The first-order valence-electron chi connectivity index (χ1n) is 20.4. The van der Waals surface area contributed by atoms with Gasteiger partial charge in [-0.15, -0.1) is 11.3 Å². The predicted molar refractivity (Wildman–Crippen MR) is 219 cm³/mol. The van der Waals surface area contributed by atoms with Gasteiger partial charge in [0.2, 0.25) is 11.8 Å². The highest BCUT2D eigenvalue weighted by Crippen LogP contribution is 2.32. The van der Waals surface area contributed by atoms with E-state index in [0.717, 1.165) is 36.3 Å². The molecule has 0 aliphatic carbocycles. The molecule has 15 nitrogen and oxygen atoms in total. The number of likely N-dealkylation sites (tertiary alicyclic amines) is 1. The van der Waals surface area contributed by atoms with Crippen LogP contribution in [0.15, 0.2) is 29.6 Å². The van der Waals surface area contributed by atoms with Crippen molar-refractivity contribution in [2.75, 3.05) is 20.3 Å². The number of carbonyl (C=O) groups excluding carboxylic acids is 5. The van der Waals surface area contributed by atoms with E-state index in [4.69, 9.17) is 9.47 Å². The molecule has 0 saturated carbocycles. The van der Waals surface area contributed by atoms with Crippen LogP contribution < -0.4 is 10.6 Å². The fourth-order valence-corrected chi connectivity index (χ4v) is 7.91. The number of nitrogens with zero attached hydrogens (tertiary/aromatic N) is 3. The van der Waals surface area contributed by atoms with E-state index in [1.54, 1.807) is 19.1 Å². The van der Waals surface area contributed by atoms with E-state index >= 15 is 0 Å². The van der Waals surface area contributed by atoms with Crippen molar-refractivity contribution >= 4 is 47.0 Å². The lowest BCUT2D eigenvalue weighted by atomic mass is 9.92. The monoisotopic (exact) mass is 829 g/mol. The SMILES string of the molecule is CCCC(=O)OCN(C(=O)[C@@H](NC(=O)[C@H]1CCCCN1C)C(C)CC)C(C[C@@H](OC(C)=O)c1nc(C(=O)N[C@@H](Cc2ccc(O)cc2)CC(C)C(=O)O)cs1)C(C)C. The fourth-order valence-electron chi connectivity index (χ4n) is 7.07. The number of carboxylic acid groups (broad SMARTS) is 1. The van der Waals surface area contributed by atoms with Gasteiger partial charge in [0.1, 0.15) is 22.5 Å². The van der Waals surface area contributed by atoms with Gasteiger partial charge in [0, 0.05) is 37.2 Å². The molecule has 58 heavy (non-hydrogen) atoms. The van der Waals surface area contributed by atoms with E-state index in [1.807, 2.05) is 46.6 Å². The zero-order valence-corrected chi connectivity index (χ0v) is 36.0. The Labute approximate surface area is 346 Å². The van der Waals surface area contributed by atoms with Gasteiger partial charge in [-0.1, -0.05) is 66.5 Å². The molecule has 0 bridgehead atoms. The second-order valence-corrected chi connectivity index (χ2v) is 16.7. The van der Waals surface area contributed by atoms with Gasteiger partial charge in [0.15, 0.2) is 12.8 Å². The summed E-state index contributed by atoms with van der Waals surface area (Å²) in [5, 5.41) is 27.1. The third-order valence-electron chi connectivity index (χ3n) is 10.7. The molecule has 4 N–H and O–H groups in total. The van der Waals surface area contributed by atoms with Gasteiger partial charge < -0.3 is 35.2 Å². The second kappa shape index (κ2) is 23.1. The summed E-state index contributed by atoms with van der Waals surface area (Å²) in [5.41, 5.74) is 0.816. The van der Waals surface area contributed by atoms with Gasteiger partial charge in [-0.3, -0.25) is 33.7 Å². The summed E-state index contributed by atoms with van der Waals surface area (Å²) in [6, 6.07) is 3.85. The summed E-state index contributed by atoms with van der Waals surface area (Å²) in [6.45, 7) is 12.7. The highest BCUT2D eigenvalue weighted by Gasteiger charge is 2.39. The van der Waals surface area contributed by atoms with Gasteiger partial charge in [0.25, 0.3) is 5.91 Å². The number of aromatic hydroxyl groups is 1. The molecular formula is C42H63N5O10S. The molecule has 0 spiro atoms. The van der Waals surface area contributed by atoms with Crippen molar-refractivity contribution in [3.8, 4) is 5.75 Å². The lowest BCUT2D eigenvalue weighted by Crippen LogP contribution is -2.59. The fraction of sp³-hybridized carbons (Fsp3) is 0.643. The average molecular weight is 830 g/mol. The number of likely N-dealkylation sites (N-methyl/N-ethyl adjacent to an activating group) is 1. The molecule has 1 aromatic heterocycles. The van der Waals surface area contributed by atoms with Crippen molar-refractivity contribution < 1.29 is 48.5 Å². The molecule has 3 unspecified atom stereocenters. The van der Waals surface area contributed by atoms with E-state index in [0.29, 0.717) is 30.7 Å². The number of hydrogen-bond acceptors (Lipinski definition) is 12. The van der Waals surface area contributed by atoms with Crippen molar-refractivity contribution in [3.63, 3.8) is 0 Å². The largest absolute Gasteiger partial charge is 0.508 e. The summed E-state index contributed by atoms with van der Waals surface area (Å²) in [7, 11) is 1.90. The van der Waals surface area contributed by atoms with E-state index in [9.17, 15) is 39.0 Å². The van der Waals surface area contributed by atoms with Crippen LogP contribution >= 0.6 is 11.3 Å². The number of phenols is 1. The zero-order chi connectivity index (χ0) is 43.1. The minimum Gasteiger partial charge on any atom is -0.508 e. The lowest BCUT2D eigenvalue weighted by Gasteiger charge is -2.39. The number of amides is 3. The van der Waals surface area contributed by atoms with Crippen molar-refractivity contribution in [3.05, 3.63) is 45.9 Å². The zero-order valence-electron chi connectivity index (χ0n) is 35.2. The second-order valence-electron chi connectivity index (χ2n) is 15.8. The van der Waals surface area contributed by atoms with Crippen LogP contribution in [0.3, 0.4) is 0 Å². The maximum Gasteiger partial charge on any atom is 0.307 e. The molecule has 3 rings (SSSR count). The van der Waals surface area contributed by atoms with Crippen LogP contribution in [0.25, 0.3) is 0 Å². The van der Waals surface area contributed by atoms with Crippen LogP contribution in [0, 0.1) is 17.8 Å². The van der Waals surface area contributed by atoms with Crippen LogP contribution in [-0.2, 0) is 39.9 Å². The quantitative estimate of drug-likeness (QED) is 0.0863. The molecule has 1 aromatic carbocycles. The van der Waals surface area contributed by atoms with Crippen molar-refractivity contribution in [2.24, 2.45) is 17.8 Å². The Morgan fingerprint density at radius 2 is 1.71 bits per heavy atom. The third kappa shape index (κ3) is 14.4. The highest BCUT2D eigenvalue weighted by atomic mass is 32.1. The first-order valence-corrected chi connectivity index (χ1v) is 21.2. The molecule has 1 aliphatic heterocycles. The Balaban J connectivity index is 1.95. The number of thiazole rings is 1. The summed E-state index contributed by atoms with van der Waals surface area (Å²) in [5.74, 6) is -4.54. The molecule has 322 valence electrons. The number of benzene rings is 1. The van der Waals surface area contributed by atoms with Crippen LogP contribution in [-0.4, -0.2) is 105 Å². The normalized spacial score (nSPS) is 17.6. The molecule has 1 fully saturated rings. The number of aliphatic carboxylic acids is 1. The summed E-state index contributed by atoms with van der Waals surface area (Å²) in [4.78, 5) is 87.0. The van der Waals surface area contributed by atoms with Crippen molar-refractivity contribution in [2.45, 2.75) is 137 Å². The summed E-state index contributed by atoms with van der Waals surface area (Å²) >= 11 is 1.10. The number of esters is 2. The number of carboxylic acids is 1. The summed E-state index contributed by atoms with van der Waals surface area (Å²) in [6.07, 6.45) is 3.31. The number of ether oxygens (including phenoxy) is 2. The Bertz CT molecular complexity index is 1680. The van der Waals surface area contributed by atoms with Gasteiger partial charge in [-0.05, 0) is 75.2 Å². The van der Waals surface area contributed by atoms with Crippen LogP contribution in [0.1, 0.15) is 127 Å². The lowest BCUT2D eigenvalue weighted by molar-refractivity contribution is -0.160. The van der Waals surface area contributed by atoms with E-state index in [2.05, 4.69) is 15.6 Å². The standard InChI is InChI=1S/C42H63N5O10S/c1-9-13-36(50)56-24-47(41(53)37(26(5)10-2)45-39(52)33-14-11-12-19-46(33)8)34(25(3)4)22-35(57-28(7)48)40-44-32(23-58-40)38(51)43-30(20-27(6)42(54)55)21-29-15-17-31(49)18-16-29/h15-18,23,25-27,30,33-35,37,49H,9-14,19-22,24H2,1-8H3,(H,43,51)(H,45,52)(H,54,55)/t26?,27?,30-,33-,34?,35-,37+/m1/s1. The molecule has 2 heterocycles. The smallest absolute Gasteiger partial charge is 0.307 e. The minimum atomic E-state index is -1.01. The molecule has 7 atom stereocenters. The van der Waals surface area contributed by atoms with E-state index < -0.39 is 59.9 Å². The molecule has 2 aromatic rings. The summed E-state index contributed by atoms with van der Waals surface area (Å²) < 4.78 is 11.5. The molecule has 3 amide bonds. The van der Waals surface area contributed by atoms with Crippen LogP contribution in [0.2, 0.25) is 0 Å². The number of aromatic nitrogens is 1. The number of nitrogens with one attached hydrogen (secondary N) is 2. The highest BCUT2D eigenvalue weighted by molar-refractivity contribution is 7.09. The van der Waals surface area contributed by atoms with Crippen LogP contribution in [0.5, 0.6) is 5.75 Å². The van der Waals surface area contributed by atoms with Gasteiger partial charge in [-0.25, -0.2) is 4.98 Å². The number of hydrogen-bond donors (Lipinski definition) is 4. The number of rotatable bonds is 22. The molecular weight excluding hydrogens is 767 g/mol. The first kappa shape index (κ1) is 47.8. The molecule has 1 saturated heterocycles. The number of phenolic OH excluding ortho intramolecular Hbond substituents is 1. The van der Waals surface area contributed by atoms with Crippen molar-refractivity contribution in [1.29, 1.82) is 0 Å². The maximum atomic E-state index is 14.7. The van der Waals surface area contributed by atoms with Crippen LogP contribution in [0.4, 0.5) is 0 Å². The van der Waals surface area contributed by atoms with Gasteiger partial charge in [-0.2, -0.15) is 0 Å². The Hall–Kier alpha value is -4.57. The Kier molecular flexibility index (Phi) is 19.1. The number of carbonyl (C=O) groups is 6. The van der Waals surface area contributed by atoms with E-state index in [-0.39, 0.29) is 61.2 Å². The van der Waals surface area contributed by atoms with Gasteiger partial charge in [0.05, 0.1) is 12.0 Å². The number of piperidine rings is 1. The predicted octanol–water partition coefficient (Wildman–Crippen LogP) is 5.46. The Morgan fingerprint density at radius 1 is 1.02 bits per heavy atom. The third-order valence-corrected chi connectivity index (χ3v) is 11.7. The first-order chi connectivity index (χ1) is 27.4. The molecule has 16 heteroatoms. The van der Waals surface area contributed by atoms with Crippen molar-refractivity contribution in [1.82, 2.24) is 25.4 Å². The average Bonchev–Trinajstić information content (AvgIpc) is 3.67. The molecule has 1 aliphatic rings. The topological polar surface area (TPSA) is 205 Å². The molecule has 0 radical (unpaired) electrons. The Morgan fingerprint density at radius 3 is 2.29 bits per heavy atom. The van der Waals surface area contributed by atoms with Gasteiger partial charge >= 0.3 is 17.9 Å². The minimum absolute atomic E-state index is 0.0330. The maximum absolute atomic E-state index is 14.7.